The molecule has 11 nitrogen and oxygen atoms in total. The predicted molar refractivity (Wildman–Crippen MR) is 150 cm³/mol. The summed E-state index contributed by atoms with van der Waals surface area (Å²) >= 11 is 1.27. The van der Waals surface area contributed by atoms with Crippen LogP contribution in [0, 0.1) is 16.0 Å². The highest BCUT2D eigenvalue weighted by molar-refractivity contribution is 7.13. The molecule has 2 aromatic rings. The zero-order valence-corrected chi connectivity index (χ0v) is 23.3. The van der Waals surface area contributed by atoms with E-state index >= 15 is 0 Å². The second-order valence-corrected chi connectivity index (χ2v) is 11.3. The van der Waals surface area contributed by atoms with Gasteiger partial charge in [0.2, 0.25) is 17.7 Å². The van der Waals surface area contributed by atoms with Crippen LogP contribution in [0.3, 0.4) is 0 Å². The SMILES string of the molecule is CC(C)N(CC(=O)Nc1nc(CC(=O)N2CCN(c3ccc([N+](=O)[O-])cc3)CC2)cs1)C(=O)C1CCCCC1. The number of nitrogens with zero attached hydrogens (tertiary/aromatic N) is 5. The van der Waals surface area contributed by atoms with Crippen LogP contribution in [0.15, 0.2) is 29.6 Å². The summed E-state index contributed by atoms with van der Waals surface area (Å²) in [6.07, 6.45) is 5.20. The Bertz CT molecular complexity index is 1170. The van der Waals surface area contributed by atoms with Gasteiger partial charge in [-0.05, 0) is 38.8 Å². The normalized spacial score (nSPS) is 16.3. The molecule has 2 heterocycles. The lowest BCUT2D eigenvalue weighted by atomic mass is 9.88. The number of aromatic nitrogens is 1. The van der Waals surface area contributed by atoms with Crippen molar-refractivity contribution in [2.24, 2.45) is 5.92 Å². The first-order valence-corrected chi connectivity index (χ1v) is 14.4. The minimum atomic E-state index is -0.421. The predicted octanol–water partition coefficient (Wildman–Crippen LogP) is 3.70. The quantitative estimate of drug-likeness (QED) is 0.368. The average molecular weight is 557 g/mol. The Morgan fingerprint density at radius 1 is 1.10 bits per heavy atom. The van der Waals surface area contributed by atoms with Crippen molar-refractivity contribution in [3.05, 3.63) is 45.5 Å². The third-order valence-corrected chi connectivity index (χ3v) is 8.17. The summed E-state index contributed by atoms with van der Waals surface area (Å²) in [6, 6.07) is 6.36. The van der Waals surface area contributed by atoms with Gasteiger partial charge in [0.05, 0.1) is 17.0 Å². The Kier molecular flexibility index (Phi) is 9.50. The molecule has 2 aliphatic rings. The van der Waals surface area contributed by atoms with Gasteiger partial charge in [-0.15, -0.1) is 11.3 Å². The molecule has 210 valence electrons. The highest BCUT2D eigenvalue weighted by Crippen LogP contribution is 2.26. The molecule has 1 saturated carbocycles. The van der Waals surface area contributed by atoms with Crippen molar-refractivity contribution < 1.29 is 19.3 Å². The summed E-state index contributed by atoms with van der Waals surface area (Å²) in [7, 11) is 0. The number of benzene rings is 1. The lowest BCUT2D eigenvalue weighted by Crippen LogP contribution is -2.49. The summed E-state index contributed by atoms with van der Waals surface area (Å²) in [5.41, 5.74) is 1.54. The van der Waals surface area contributed by atoms with Crippen molar-refractivity contribution >= 4 is 45.6 Å². The van der Waals surface area contributed by atoms with E-state index in [1.165, 1.54) is 29.9 Å². The summed E-state index contributed by atoms with van der Waals surface area (Å²) in [5.74, 6) is -0.269. The van der Waals surface area contributed by atoms with Gasteiger partial charge in [0, 0.05) is 61.3 Å². The van der Waals surface area contributed by atoms with Crippen LogP contribution in [0.1, 0.15) is 51.6 Å². The molecule has 0 unspecified atom stereocenters. The monoisotopic (exact) mass is 556 g/mol. The Morgan fingerprint density at radius 2 is 1.77 bits per heavy atom. The molecule has 2 fully saturated rings. The van der Waals surface area contributed by atoms with E-state index in [2.05, 4.69) is 15.2 Å². The number of carbonyl (C=O) groups excluding carboxylic acids is 3. The lowest BCUT2D eigenvalue weighted by Gasteiger charge is -2.36. The number of nitro benzene ring substituents is 1. The van der Waals surface area contributed by atoms with Crippen LogP contribution < -0.4 is 10.2 Å². The van der Waals surface area contributed by atoms with E-state index in [0.29, 0.717) is 37.0 Å². The number of rotatable bonds is 9. The molecule has 1 aromatic heterocycles. The molecule has 1 saturated heterocycles. The molecule has 0 bridgehead atoms. The van der Waals surface area contributed by atoms with Crippen LogP contribution in [0.5, 0.6) is 0 Å². The fourth-order valence-corrected chi connectivity index (χ4v) is 5.85. The van der Waals surface area contributed by atoms with E-state index < -0.39 is 4.92 Å². The molecule has 3 amide bonds. The maximum absolute atomic E-state index is 13.0. The molecule has 1 aliphatic carbocycles. The van der Waals surface area contributed by atoms with E-state index in [4.69, 9.17) is 0 Å². The summed E-state index contributed by atoms with van der Waals surface area (Å²) < 4.78 is 0. The van der Waals surface area contributed by atoms with Gasteiger partial charge in [0.15, 0.2) is 5.13 Å². The number of piperazine rings is 1. The third-order valence-electron chi connectivity index (χ3n) is 7.36. The Balaban J connectivity index is 1.24. The summed E-state index contributed by atoms with van der Waals surface area (Å²) in [4.78, 5) is 59.0. The van der Waals surface area contributed by atoms with Gasteiger partial charge in [-0.3, -0.25) is 24.5 Å². The first-order chi connectivity index (χ1) is 18.7. The maximum Gasteiger partial charge on any atom is 0.269 e. The van der Waals surface area contributed by atoms with Gasteiger partial charge >= 0.3 is 0 Å². The number of amides is 3. The molecule has 1 aromatic carbocycles. The van der Waals surface area contributed by atoms with Crippen LogP contribution in [0.2, 0.25) is 0 Å². The number of anilines is 2. The summed E-state index contributed by atoms with van der Waals surface area (Å²) in [5, 5.41) is 15.8. The van der Waals surface area contributed by atoms with Crippen molar-refractivity contribution in [2.75, 3.05) is 42.9 Å². The van der Waals surface area contributed by atoms with Crippen LogP contribution >= 0.6 is 11.3 Å². The minimum Gasteiger partial charge on any atom is -0.368 e. The standard InChI is InChI=1S/C27H36N6O5S/c1-19(2)32(26(36)20-6-4-3-5-7-20)17-24(34)29-27-28-21(18-39-27)16-25(35)31-14-12-30(13-15-31)22-8-10-23(11-9-22)33(37)38/h8-11,18-20H,3-7,12-17H2,1-2H3,(H,28,29,34). The van der Waals surface area contributed by atoms with E-state index in [1.807, 2.05) is 13.8 Å². The van der Waals surface area contributed by atoms with E-state index in [1.54, 1.807) is 27.3 Å². The molecule has 0 spiro atoms. The average Bonchev–Trinajstić information content (AvgIpc) is 3.38. The van der Waals surface area contributed by atoms with Crippen molar-refractivity contribution in [1.29, 1.82) is 0 Å². The van der Waals surface area contributed by atoms with E-state index in [0.717, 1.165) is 31.4 Å². The second-order valence-electron chi connectivity index (χ2n) is 10.4. The van der Waals surface area contributed by atoms with Gasteiger partial charge < -0.3 is 20.0 Å². The number of nitro groups is 1. The van der Waals surface area contributed by atoms with Gasteiger partial charge in [0.25, 0.3) is 5.69 Å². The van der Waals surface area contributed by atoms with E-state index in [9.17, 15) is 24.5 Å². The molecule has 0 atom stereocenters. The van der Waals surface area contributed by atoms with Crippen LogP contribution in [-0.2, 0) is 20.8 Å². The molecule has 1 N–H and O–H groups in total. The Hall–Kier alpha value is -3.54. The zero-order valence-electron chi connectivity index (χ0n) is 22.5. The Labute approximate surface area is 232 Å². The fourth-order valence-electron chi connectivity index (χ4n) is 5.12. The van der Waals surface area contributed by atoms with E-state index in [-0.39, 0.29) is 48.3 Å². The molecule has 12 heteroatoms. The number of hydrogen-bond donors (Lipinski definition) is 1. The third kappa shape index (κ3) is 7.53. The number of hydrogen-bond acceptors (Lipinski definition) is 8. The highest BCUT2D eigenvalue weighted by atomic mass is 32.1. The zero-order chi connectivity index (χ0) is 27.9. The lowest BCUT2D eigenvalue weighted by molar-refractivity contribution is -0.384. The molecular weight excluding hydrogens is 520 g/mol. The Morgan fingerprint density at radius 3 is 2.38 bits per heavy atom. The van der Waals surface area contributed by atoms with Gasteiger partial charge in [-0.1, -0.05) is 19.3 Å². The second kappa shape index (κ2) is 13.0. The molecular formula is C27H36N6O5S. The smallest absolute Gasteiger partial charge is 0.269 e. The molecule has 0 radical (unpaired) electrons. The van der Waals surface area contributed by atoms with Crippen LogP contribution in [-0.4, -0.2) is 76.2 Å². The van der Waals surface area contributed by atoms with Crippen LogP contribution in [0.25, 0.3) is 0 Å². The summed E-state index contributed by atoms with van der Waals surface area (Å²) in [6.45, 7) is 6.19. The fraction of sp³-hybridized carbons (Fsp3) is 0.556. The van der Waals surface area contributed by atoms with Gasteiger partial charge in [0.1, 0.15) is 6.54 Å². The number of non-ortho nitro benzene ring substituents is 1. The van der Waals surface area contributed by atoms with Gasteiger partial charge in [-0.25, -0.2) is 4.98 Å². The van der Waals surface area contributed by atoms with Gasteiger partial charge in [-0.2, -0.15) is 0 Å². The maximum atomic E-state index is 13.0. The van der Waals surface area contributed by atoms with Crippen molar-refractivity contribution in [3.63, 3.8) is 0 Å². The molecule has 4 rings (SSSR count). The largest absolute Gasteiger partial charge is 0.368 e. The topological polar surface area (TPSA) is 129 Å². The first-order valence-electron chi connectivity index (χ1n) is 13.5. The van der Waals surface area contributed by atoms with Crippen LogP contribution in [0.4, 0.5) is 16.5 Å². The van der Waals surface area contributed by atoms with Crippen molar-refractivity contribution in [2.45, 2.75) is 58.4 Å². The highest BCUT2D eigenvalue weighted by Gasteiger charge is 2.29. The molecule has 39 heavy (non-hydrogen) atoms. The minimum absolute atomic E-state index is 0.00225. The van der Waals surface area contributed by atoms with Crippen molar-refractivity contribution in [1.82, 2.24) is 14.8 Å². The van der Waals surface area contributed by atoms with Crippen molar-refractivity contribution in [3.8, 4) is 0 Å². The number of thiazole rings is 1. The number of nitrogens with one attached hydrogen (secondary N) is 1. The number of carbonyl (C=O) groups is 3. The molecule has 1 aliphatic heterocycles. The first kappa shape index (κ1) is 28.5.